The lowest BCUT2D eigenvalue weighted by molar-refractivity contribution is -0.122. The Morgan fingerprint density at radius 2 is 1.83 bits per heavy atom. The predicted molar refractivity (Wildman–Crippen MR) is 116 cm³/mol. The second kappa shape index (κ2) is 8.64. The molecule has 0 aliphatic carbocycles. The largest absolute Gasteiger partial charge is 0.345 e. The van der Waals surface area contributed by atoms with Gasteiger partial charge in [-0.3, -0.25) is 4.79 Å². The molecule has 0 bridgehead atoms. The first-order valence-electron chi connectivity index (χ1n) is 9.14. The first kappa shape index (κ1) is 21.5. The molecule has 0 saturated heterocycles. The number of nitrogens with zero attached hydrogens (tertiary/aromatic N) is 2. The first-order valence-corrected chi connectivity index (χ1v) is 11.4. The van der Waals surface area contributed by atoms with E-state index in [9.17, 15) is 13.2 Å². The molecule has 0 aliphatic rings. The van der Waals surface area contributed by atoms with Crippen LogP contribution in [0.2, 0.25) is 0 Å². The first-order chi connectivity index (χ1) is 13.7. The van der Waals surface area contributed by atoms with Gasteiger partial charge in [-0.05, 0) is 42.3 Å². The molecule has 0 radical (unpaired) electrons. The molecule has 1 aromatic heterocycles. The molecule has 2 aromatic carbocycles. The van der Waals surface area contributed by atoms with Crippen molar-refractivity contribution in [3.63, 3.8) is 0 Å². The highest BCUT2D eigenvalue weighted by molar-refractivity contribution is 9.10. The fourth-order valence-electron chi connectivity index (χ4n) is 2.96. The van der Waals surface area contributed by atoms with Crippen LogP contribution in [0.1, 0.15) is 25.7 Å². The SMILES string of the molecule is CC(C)[C@H](NC(=O)CN(C)S(=O)(=O)c1ccc(Br)cc1)c1nc2ccccc2[nH]1. The molecule has 0 aliphatic heterocycles. The fourth-order valence-corrected chi connectivity index (χ4v) is 4.35. The van der Waals surface area contributed by atoms with Crippen LogP contribution in [0.15, 0.2) is 57.9 Å². The quantitative estimate of drug-likeness (QED) is 0.543. The average molecular weight is 479 g/mol. The molecular weight excluding hydrogens is 456 g/mol. The lowest BCUT2D eigenvalue weighted by atomic mass is 10.0. The van der Waals surface area contributed by atoms with Crippen molar-refractivity contribution in [3.8, 4) is 0 Å². The summed E-state index contributed by atoms with van der Waals surface area (Å²) in [7, 11) is -2.37. The zero-order chi connectivity index (χ0) is 21.2. The average Bonchev–Trinajstić information content (AvgIpc) is 3.09. The summed E-state index contributed by atoms with van der Waals surface area (Å²) in [5.41, 5.74) is 1.70. The number of sulfonamides is 1. The molecule has 0 saturated carbocycles. The van der Waals surface area contributed by atoms with E-state index in [1.807, 2.05) is 38.1 Å². The number of likely N-dealkylation sites (N-methyl/N-ethyl adjacent to an activating group) is 1. The molecule has 2 N–H and O–H groups in total. The lowest BCUT2D eigenvalue weighted by Crippen LogP contribution is -2.41. The summed E-state index contributed by atoms with van der Waals surface area (Å²) < 4.78 is 27.2. The van der Waals surface area contributed by atoms with E-state index in [4.69, 9.17) is 0 Å². The summed E-state index contributed by atoms with van der Waals surface area (Å²) in [6, 6.07) is 13.6. The lowest BCUT2D eigenvalue weighted by Gasteiger charge is -2.22. The summed E-state index contributed by atoms with van der Waals surface area (Å²) >= 11 is 3.28. The Bertz CT molecular complexity index is 1080. The summed E-state index contributed by atoms with van der Waals surface area (Å²) in [5, 5.41) is 2.91. The van der Waals surface area contributed by atoms with Crippen molar-refractivity contribution in [1.82, 2.24) is 19.6 Å². The molecular formula is C20H23BrN4O3S. The van der Waals surface area contributed by atoms with Crippen molar-refractivity contribution < 1.29 is 13.2 Å². The molecule has 3 rings (SSSR count). The van der Waals surface area contributed by atoms with Crippen LogP contribution in [0.3, 0.4) is 0 Å². The molecule has 29 heavy (non-hydrogen) atoms. The Labute approximate surface area is 178 Å². The molecule has 3 aromatic rings. The minimum absolute atomic E-state index is 0.0629. The third-order valence-electron chi connectivity index (χ3n) is 4.57. The Balaban J connectivity index is 1.74. The van der Waals surface area contributed by atoms with E-state index in [-0.39, 0.29) is 23.4 Å². The van der Waals surface area contributed by atoms with Crippen LogP contribution < -0.4 is 5.32 Å². The van der Waals surface area contributed by atoms with Crippen LogP contribution in [0.4, 0.5) is 0 Å². The normalized spacial score (nSPS) is 13.2. The number of imidazole rings is 1. The van der Waals surface area contributed by atoms with E-state index in [0.29, 0.717) is 5.82 Å². The molecule has 0 fully saturated rings. The molecule has 1 atom stereocenters. The zero-order valence-electron chi connectivity index (χ0n) is 16.4. The van der Waals surface area contributed by atoms with Crippen molar-refractivity contribution in [2.45, 2.75) is 24.8 Å². The highest BCUT2D eigenvalue weighted by Crippen LogP contribution is 2.22. The van der Waals surface area contributed by atoms with Gasteiger partial charge >= 0.3 is 0 Å². The molecule has 1 amide bonds. The topological polar surface area (TPSA) is 95.2 Å². The van der Waals surface area contributed by atoms with Crippen LogP contribution >= 0.6 is 15.9 Å². The monoisotopic (exact) mass is 478 g/mol. The predicted octanol–water partition coefficient (Wildman–Crippen LogP) is 3.46. The van der Waals surface area contributed by atoms with Crippen molar-refractivity contribution in [1.29, 1.82) is 0 Å². The highest BCUT2D eigenvalue weighted by atomic mass is 79.9. The van der Waals surface area contributed by atoms with Crippen LogP contribution in [0.5, 0.6) is 0 Å². The number of hydrogen-bond acceptors (Lipinski definition) is 4. The third kappa shape index (κ3) is 4.85. The van der Waals surface area contributed by atoms with Crippen LogP contribution in [0, 0.1) is 5.92 Å². The minimum atomic E-state index is -3.76. The summed E-state index contributed by atoms with van der Waals surface area (Å²) in [5.74, 6) is 0.313. The number of amides is 1. The van der Waals surface area contributed by atoms with E-state index < -0.39 is 15.9 Å². The number of aromatic nitrogens is 2. The number of H-pyrrole nitrogens is 1. The number of para-hydroxylation sites is 2. The van der Waals surface area contributed by atoms with Gasteiger partial charge in [-0.1, -0.05) is 41.9 Å². The van der Waals surface area contributed by atoms with Crippen molar-refractivity contribution in [2.24, 2.45) is 5.92 Å². The smallest absolute Gasteiger partial charge is 0.243 e. The van der Waals surface area contributed by atoms with Gasteiger partial charge in [-0.25, -0.2) is 13.4 Å². The van der Waals surface area contributed by atoms with Gasteiger partial charge in [0.25, 0.3) is 0 Å². The van der Waals surface area contributed by atoms with Crippen molar-refractivity contribution in [2.75, 3.05) is 13.6 Å². The molecule has 154 valence electrons. The maximum absolute atomic E-state index is 12.7. The Kier molecular flexibility index (Phi) is 6.40. The molecule has 1 heterocycles. The van der Waals surface area contributed by atoms with Gasteiger partial charge in [0, 0.05) is 11.5 Å². The standard InChI is InChI=1S/C20H23BrN4O3S/c1-13(2)19(20-22-16-6-4-5-7-17(16)23-20)24-18(26)12-25(3)29(27,28)15-10-8-14(21)9-11-15/h4-11,13,19H,12H2,1-3H3,(H,22,23)(H,24,26)/t19-/m0/s1. The van der Waals surface area contributed by atoms with Gasteiger partial charge in [-0.15, -0.1) is 0 Å². The van der Waals surface area contributed by atoms with Gasteiger partial charge in [0.2, 0.25) is 15.9 Å². The fraction of sp³-hybridized carbons (Fsp3) is 0.300. The number of rotatable bonds is 7. The Hall–Kier alpha value is -2.23. The maximum Gasteiger partial charge on any atom is 0.243 e. The van der Waals surface area contributed by atoms with Gasteiger partial charge in [0.1, 0.15) is 5.82 Å². The van der Waals surface area contributed by atoms with E-state index in [2.05, 4.69) is 31.2 Å². The number of fused-ring (bicyclic) bond motifs is 1. The number of aromatic amines is 1. The van der Waals surface area contributed by atoms with E-state index in [1.54, 1.807) is 12.1 Å². The third-order valence-corrected chi connectivity index (χ3v) is 6.92. The summed E-state index contributed by atoms with van der Waals surface area (Å²) in [6.45, 7) is 3.66. The van der Waals surface area contributed by atoms with Crippen LogP contribution in [-0.4, -0.2) is 42.2 Å². The van der Waals surface area contributed by atoms with Crippen LogP contribution in [0.25, 0.3) is 11.0 Å². The van der Waals surface area contributed by atoms with E-state index >= 15 is 0 Å². The number of benzene rings is 2. The Morgan fingerprint density at radius 3 is 2.45 bits per heavy atom. The second-order valence-corrected chi connectivity index (χ2v) is 10.1. The van der Waals surface area contributed by atoms with E-state index in [1.165, 1.54) is 19.2 Å². The molecule has 0 spiro atoms. The maximum atomic E-state index is 12.7. The number of hydrogen-bond donors (Lipinski definition) is 2. The minimum Gasteiger partial charge on any atom is -0.345 e. The number of nitrogens with one attached hydrogen (secondary N) is 2. The van der Waals surface area contributed by atoms with Gasteiger partial charge < -0.3 is 10.3 Å². The second-order valence-electron chi connectivity index (χ2n) is 7.14. The van der Waals surface area contributed by atoms with Crippen LogP contribution in [-0.2, 0) is 14.8 Å². The molecule has 9 heteroatoms. The molecule has 7 nitrogen and oxygen atoms in total. The Morgan fingerprint density at radius 1 is 1.17 bits per heavy atom. The van der Waals surface area contributed by atoms with E-state index in [0.717, 1.165) is 19.8 Å². The van der Waals surface area contributed by atoms with Gasteiger partial charge in [-0.2, -0.15) is 4.31 Å². The number of halogens is 1. The summed E-state index contributed by atoms with van der Waals surface area (Å²) in [6.07, 6.45) is 0. The zero-order valence-corrected chi connectivity index (χ0v) is 18.8. The summed E-state index contributed by atoms with van der Waals surface area (Å²) in [4.78, 5) is 20.6. The van der Waals surface area contributed by atoms with Crippen molar-refractivity contribution in [3.05, 3.63) is 58.8 Å². The molecule has 0 unspecified atom stereocenters. The van der Waals surface area contributed by atoms with Gasteiger partial charge in [0.05, 0.1) is 28.5 Å². The van der Waals surface area contributed by atoms with Crippen molar-refractivity contribution >= 4 is 42.9 Å². The van der Waals surface area contributed by atoms with Gasteiger partial charge in [0.15, 0.2) is 0 Å². The highest BCUT2D eigenvalue weighted by Gasteiger charge is 2.26. The number of carbonyl (C=O) groups is 1. The number of carbonyl (C=O) groups excluding carboxylic acids is 1.